The van der Waals surface area contributed by atoms with Gasteiger partial charge in [-0.1, -0.05) is 49.7 Å². The van der Waals surface area contributed by atoms with E-state index < -0.39 is 27.9 Å². The van der Waals surface area contributed by atoms with Crippen molar-refractivity contribution in [3.8, 4) is 5.75 Å². The van der Waals surface area contributed by atoms with E-state index in [0.717, 1.165) is 16.7 Å². The molecule has 0 aliphatic rings. The Balaban J connectivity index is 1.98. The van der Waals surface area contributed by atoms with Crippen molar-refractivity contribution >= 4 is 21.8 Å². The van der Waals surface area contributed by atoms with Crippen LogP contribution in [0.1, 0.15) is 37.0 Å². The highest BCUT2D eigenvalue weighted by Gasteiger charge is 2.27. The highest BCUT2D eigenvalue weighted by atomic mass is 32.2. The van der Waals surface area contributed by atoms with Crippen molar-refractivity contribution in [2.24, 2.45) is 5.92 Å². The van der Waals surface area contributed by atoms with Crippen molar-refractivity contribution in [3.63, 3.8) is 0 Å². The summed E-state index contributed by atoms with van der Waals surface area (Å²) in [5.41, 5.74) is 7.28. The van der Waals surface area contributed by atoms with Gasteiger partial charge in [0.1, 0.15) is 11.8 Å². The minimum absolute atomic E-state index is 0.0366. The van der Waals surface area contributed by atoms with E-state index in [1.54, 1.807) is 12.1 Å². The molecule has 9 heteroatoms. The van der Waals surface area contributed by atoms with Gasteiger partial charge in [0.25, 0.3) is 11.8 Å². The molecule has 32 heavy (non-hydrogen) atoms. The van der Waals surface area contributed by atoms with Crippen molar-refractivity contribution in [1.29, 1.82) is 0 Å². The zero-order chi connectivity index (χ0) is 23.9. The van der Waals surface area contributed by atoms with E-state index in [4.69, 9.17) is 4.74 Å². The van der Waals surface area contributed by atoms with Crippen LogP contribution in [0.15, 0.2) is 47.4 Å². The number of benzene rings is 2. The Kier molecular flexibility index (Phi) is 8.80. The van der Waals surface area contributed by atoms with Crippen LogP contribution in [0, 0.1) is 26.7 Å². The summed E-state index contributed by atoms with van der Waals surface area (Å²) in [6.45, 7) is 9.05. The van der Waals surface area contributed by atoms with Crippen LogP contribution in [0.25, 0.3) is 0 Å². The molecule has 0 heterocycles. The minimum Gasteiger partial charge on any atom is -0.483 e. The van der Waals surface area contributed by atoms with Crippen molar-refractivity contribution in [3.05, 3.63) is 59.2 Å². The molecule has 0 aliphatic heterocycles. The average molecular weight is 462 g/mol. The van der Waals surface area contributed by atoms with Gasteiger partial charge in [-0.05, 0) is 56.4 Å². The molecular formula is C23H31N3O5S. The summed E-state index contributed by atoms with van der Waals surface area (Å²) in [6.07, 6.45) is 0.256. The van der Waals surface area contributed by atoms with E-state index in [0.29, 0.717) is 5.75 Å². The zero-order valence-electron chi connectivity index (χ0n) is 19.1. The Labute approximate surface area is 189 Å². The monoisotopic (exact) mass is 461 g/mol. The molecule has 2 aromatic rings. The lowest BCUT2D eigenvalue weighted by atomic mass is 10.0. The van der Waals surface area contributed by atoms with Crippen molar-refractivity contribution in [1.82, 2.24) is 15.6 Å². The van der Waals surface area contributed by atoms with Gasteiger partial charge in [0.15, 0.2) is 6.61 Å². The highest BCUT2D eigenvalue weighted by molar-refractivity contribution is 7.89. The first-order chi connectivity index (χ1) is 15.0. The lowest BCUT2D eigenvalue weighted by molar-refractivity contribution is -0.131. The van der Waals surface area contributed by atoms with Crippen LogP contribution >= 0.6 is 0 Å². The van der Waals surface area contributed by atoms with Gasteiger partial charge in [-0.2, -0.15) is 4.72 Å². The number of carbonyl (C=O) groups is 2. The standard InChI is InChI=1S/C23H31N3O5S/c1-15(2)13-20(26-32(29,30)19-11-9-16(3)10-12-19)23(28)25-24-21(27)14-31-22-17(4)7-6-8-18(22)5/h6-12,15,20,26H,13-14H2,1-5H3,(H,24,27)(H,25,28). The summed E-state index contributed by atoms with van der Waals surface area (Å²) in [4.78, 5) is 24.8. The van der Waals surface area contributed by atoms with Gasteiger partial charge in [-0.25, -0.2) is 8.42 Å². The highest BCUT2D eigenvalue weighted by Crippen LogP contribution is 2.22. The Bertz CT molecular complexity index is 1030. The predicted octanol–water partition coefficient (Wildman–Crippen LogP) is 2.53. The number of nitrogens with one attached hydrogen (secondary N) is 3. The molecule has 0 saturated carbocycles. The molecule has 2 rings (SSSR count). The van der Waals surface area contributed by atoms with Crippen LogP contribution in [0.2, 0.25) is 0 Å². The first-order valence-corrected chi connectivity index (χ1v) is 11.8. The summed E-state index contributed by atoms with van der Waals surface area (Å²) < 4.78 is 33.4. The fourth-order valence-corrected chi connectivity index (χ4v) is 4.28. The number of sulfonamides is 1. The van der Waals surface area contributed by atoms with E-state index in [9.17, 15) is 18.0 Å². The van der Waals surface area contributed by atoms with Crippen molar-refractivity contribution < 1.29 is 22.7 Å². The van der Waals surface area contributed by atoms with Gasteiger partial charge < -0.3 is 4.74 Å². The number of para-hydroxylation sites is 1. The predicted molar refractivity (Wildman–Crippen MR) is 122 cm³/mol. The number of amides is 2. The normalized spacial score (nSPS) is 12.3. The van der Waals surface area contributed by atoms with E-state index in [1.807, 2.05) is 52.8 Å². The minimum atomic E-state index is -3.91. The number of ether oxygens (including phenoxy) is 1. The summed E-state index contributed by atoms with van der Waals surface area (Å²) in [7, 11) is -3.91. The van der Waals surface area contributed by atoms with Crippen molar-refractivity contribution in [2.45, 2.75) is 52.0 Å². The molecule has 3 N–H and O–H groups in total. The third-order valence-electron chi connectivity index (χ3n) is 4.73. The maximum absolute atomic E-state index is 12.7. The number of carbonyl (C=O) groups excluding carboxylic acids is 2. The largest absolute Gasteiger partial charge is 0.483 e. The molecule has 0 fully saturated rings. The van der Waals surface area contributed by atoms with Crippen LogP contribution in [0.3, 0.4) is 0 Å². The second-order valence-electron chi connectivity index (χ2n) is 8.16. The van der Waals surface area contributed by atoms with Gasteiger partial charge in [0, 0.05) is 0 Å². The number of hydrazine groups is 1. The van der Waals surface area contributed by atoms with Crippen LogP contribution in [0.5, 0.6) is 5.75 Å². The maximum Gasteiger partial charge on any atom is 0.276 e. The number of aryl methyl sites for hydroxylation is 3. The first kappa shape index (κ1) is 25.4. The van der Waals surface area contributed by atoms with E-state index in [-0.39, 0.29) is 23.8 Å². The second kappa shape index (κ2) is 11.1. The first-order valence-electron chi connectivity index (χ1n) is 10.4. The summed E-state index contributed by atoms with van der Waals surface area (Å²) >= 11 is 0. The molecule has 0 aliphatic carbocycles. The van der Waals surface area contributed by atoms with Gasteiger partial charge in [0.05, 0.1) is 4.90 Å². The Hall–Kier alpha value is -2.91. The van der Waals surface area contributed by atoms with Gasteiger partial charge in [0.2, 0.25) is 10.0 Å². The molecule has 0 spiro atoms. The van der Waals surface area contributed by atoms with Crippen LogP contribution in [-0.2, 0) is 19.6 Å². The van der Waals surface area contributed by atoms with Gasteiger partial charge in [-0.3, -0.25) is 20.4 Å². The summed E-state index contributed by atoms with van der Waals surface area (Å²) in [5, 5.41) is 0. The third-order valence-corrected chi connectivity index (χ3v) is 6.22. The molecule has 0 saturated heterocycles. The average Bonchev–Trinajstić information content (AvgIpc) is 2.71. The van der Waals surface area contributed by atoms with Gasteiger partial charge >= 0.3 is 0 Å². The van der Waals surface area contributed by atoms with E-state index in [1.165, 1.54) is 12.1 Å². The van der Waals surface area contributed by atoms with Crippen molar-refractivity contribution in [2.75, 3.05) is 6.61 Å². The molecule has 1 unspecified atom stereocenters. The van der Waals surface area contributed by atoms with E-state index >= 15 is 0 Å². The molecular weight excluding hydrogens is 430 g/mol. The lowest BCUT2D eigenvalue weighted by Gasteiger charge is -2.20. The Morgan fingerprint density at radius 2 is 1.53 bits per heavy atom. The molecule has 0 aromatic heterocycles. The Morgan fingerprint density at radius 3 is 2.09 bits per heavy atom. The van der Waals surface area contributed by atoms with Gasteiger partial charge in [-0.15, -0.1) is 0 Å². The zero-order valence-corrected chi connectivity index (χ0v) is 19.9. The molecule has 174 valence electrons. The maximum atomic E-state index is 12.7. The number of rotatable bonds is 9. The molecule has 2 aromatic carbocycles. The fraction of sp³-hybridized carbons (Fsp3) is 0.391. The second-order valence-corrected chi connectivity index (χ2v) is 9.88. The smallest absolute Gasteiger partial charge is 0.276 e. The molecule has 0 bridgehead atoms. The summed E-state index contributed by atoms with van der Waals surface area (Å²) in [5.74, 6) is -0.576. The van der Waals surface area contributed by atoms with E-state index in [2.05, 4.69) is 15.6 Å². The van der Waals surface area contributed by atoms with Crippen LogP contribution < -0.4 is 20.3 Å². The third kappa shape index (κ3) is 7.35. The lowest BCUT2D eigenvalue weighted by Crippen LogP contribution is -2.53. The number of hydrogen-bond donors (Lipinski definition) is 3. The molecule has 1 atom stereocenters. The molecule has 0 radical (unpaired) electrons. The molecule has 8 nitrogen and oxygen atoms in total. The van der Waals surface area contributed by atoms with Crippen LogP contribution in [-0.4, -0.2) is 32.9 Å². The molecule has 2 amide bonds. The quantitative estimate of drug-likeness (QED) is 0.497. The Morgan fingerprint density at radius 1 is 0.938 bits per heavy atom. The SMILES string of the molecule is Cc1ccc(S(=O)(=O)NC(CC(C)C)C(=O)NNC(=O)COc2c(C)cccc2C)cc1. The van der Waals surface area contributed by atoms with Crippen LogP contribution in [0.4, 0.5) is 0 Å². The fourth-order valence-electron chi connectivity index (χ4n) is 3.07. The summed E-state index contributed by atoms with van der Waals surface area (Å²) in [6, 6.07) is 10.9. The topological polar surface area (TPSA) is 114 Å². The number of hydrogen-bond acceptors (Lipinski definition) is 5.